The van der Waals surface area contributed by atoms with E-state index >= 15 is 0 Å². The number of nitrogens with one attached hydrogen (secondary N) is 1. The van der Waals surface area contributed by atoms with E-state index in [1.165, 1.54) is 4.90 Å². The summed E-state index contributed by atoms with van der Waals surface area (Å²) in [4.78, 5) is 26.0. The molecule has 1 aliphatic rings. The third kappa shape index (κ3) is 3.86. The predicted molar refractivity (Wildman–Crippen MR) is 92.2 cm³/mol. The van der Waals surface area contributed by atoms with Gasteiger partial charge in [-0.3, -0.25) is 14.5 Å². The van der Waals surface area contributed by atoms with Crippen LogP contribution in [-0.2, 0) is 16.1 Å². The summed E-state index contributed by atoms with van der Waals surface area (Å²) in [5, 5.41) is 3.43. The molecule has 6 heteroatoms. The van der Waals surface area contributed by atoms with Crippen molar-refractivity contribution in [2.75, 3.05) is 18.1 Å². The van der Waals surface area contributed by atoms with E-state index in [1.807, 2.05) is 24.3 Å². The van der Waals surface area contributed by atoms with Gasteiger partial charge in [0, 0.05) is 11.6 Å². The lowest BCUT2D eigenvalue weighted by molar-refractivity contribution is -0.124. The molecule has 0 saturated carbocycles. The number of para-hydroxylation sites is 2. The first-order valence-electron chi connectivity index (χ1n) is 7.67. The van der Waals surface area contributed by atoms with Crippen LogP contribution in [0, 0.1) is 0 Å². The Morgan fingerprint density at radius 3 is 2.88 bits per heavy atom. The molecule has 0 aliphatic carbocycles. The van der Waals surface area contributed by atoms with Gasteiger partial charge < -0.3 is 10.1 Å². The number of hydrogen-bond acceptors (Lipinski definition) is 3. The number of ether oxygens (including phenoxy) is 1. The Bertz CT molecular complexity index is 763. The first kappa shape index (κ1) is 16.3. The number of carbonyl (C=O) groups excluding carboxylic acids is 2. The van der Waals surface area contributed by atoms with Crippen LogP contribution in [0.2, 0.25) is 5.02 Å². The van der Waals surface area contributed by atoms with E-state index in [2.05, 4.69) is 5.32 Å². The fraction of sp³-hybridized carbons (Fsp3) is 0.222. The minimum absolute atomic E-state index is 0.0419. The summed E-state index contributed by atoms with van der Waals surface area (Å²) < 4.78 is 5.56. The lowest BCUT2D eigenvalue weighted by Crippen LogP contribution is -2.40. The largest absolute Gasteiger partial charge is 0.491 e. The van der Waals surface area contributed by atoms with Crippen LogP contribution in [0.15, 0.2) is 48.5 Å². The van der Waals surface area contributed by atoms with Gasteiger partial charge in [0.15, 0.2) is 0 Å². The molecule has 0 atom stereocenters. The van der Waals surface area contributed by atoms with Crippen LogP contribution in [-0.4, -0.2) is 25.0 Å². The average Bonchev–Trinajstić information content (AvgIpc) is 2.73. The number of amides is 2. The topological polar surface area (TPSA) is 58.6 Å². The van der Waals surface area contributed by atoms with Gasteiger partial charge in [-0.25, -0.2) is 0 Å². The number of halogens is 1. The summed E-state index contributed by atoms with van der Waals surface area (Å²) in [7, 11) is 0. The summed E-state index contributed by atoms with van der Waals surface area (Å²) in [5.74, 6) is 0.254. The Kier molecular flexibility index (Phi) is 5.01. The Morgan fingerprint density at radius 1 is 1.21 bits per heavy atom. The van der Waals surface area contributed by atoms with Crippen LogP contribution < -0.4 is 15.0 Å². The number of fused-ring (bicyclic) bond motifs is 1. The molecule has 1 heterocycles. The van der Waals surface area contributed by atoms with Crippen molar-refractivity contribution in [2.24, 2.45) is 0 Å². The van der Waals surface area contributed by atoms with Crippen molar-refractivity contribution in [3.8, 4) is 5.75 Å². The Labute approximate surface area is 145 Å². The number of benzene rings is 2. The maximum Gasteiger partial charge on any atom is 0.240 e. The zero-order valence-electron chi connectivity index (χ0n) is 13.0. The number of carbonyl (C=O) groups is 2. The number of hydrogen-bond donors (Lipinski definition) is 1. The summed E-state index contributed by atoms with van der Waals surface area (Å²) in [6.45, 7) is 0.635. The van der Waals surface area contributed by atoms with E-state index in [1.54, 1.807) is 24.3 Å². The first-order valence-corrected chi connectivity index (χ1v) is 8.04. The lowest BCUT2D eigenvalue weighted by atomic mass is 10.2. The third-order valence-electron chi connectivity index (χ3n) is 3.71. The summed E-state index contributed by atoms with van der Waals surface area (Å²) in [6, 6.07) is 14.5. The summed E-state index contributed by atoms with van der Waals surface area (Å²) >= 11 is 5.93. The van der Waals surface area contributed by atoms with Crippen molar-refractivity contribution < 1.29 is 14.3 Å². The summed E-state index contributed by atoms with van der Waals surface area (Å²) in [5.41, 5.74) is 1.53. The first-order chi connectivity index (χ1) is 11.6. The van der Waals surface area contributed by atoms with Crippen molar-refractivity contribution in [1.29, 1.82) is 0 Å². The quantitative estimate of drug-likeness (QED) is 0.927. The molecule has 0 saturated heterocycles. The zero-order valence-corrected chi connectivity index (χ0v) is 13.8. The van der Waals surface area contributed by atoms with Crippen molar-refractivity contribution >= 4 is 29.1 Å². The third-order valence-corrected chi connectivity index (χ3v) is 3.95. The second kappa shape index (κ2) is 7.36. The molecule has 0 radical (unpaired) electrons. The van der Waals surface area contributed by atoms with Gasteiger partial charge >= 0.3 is 0 Å². The van der Waals surface area contributed by atoms with Crippen LogP contribution >= 0.6 is 11.6 Å². The van der Waals surface area contributed by atoms with E-state index < -0.39 is 0 Å². The fourth-order valence-electron chi connectivity index (χ4n) is 2.54. The van der Waals surface area contributed by atoms with E-state index in [4.69, 9.17) is 16.3 Å². The maximum absolute atomic E-state index is 12.3. The van der Waals surface area contributed by atoms with Crippen molar-refractivity contribution in [2.45, 2.75) is 13.0 Å². The minimum Gasteiger partial charge on any atom is -0.491 e. The molecule has 2 amide bonds. The molecule has 0 unspecified atom stereocenters. The molecule has 2 aromatic carbocycles. The fourth-order valence-corrected chi connectivity index (χ4v) is 2.75. The highest BCUT2D eigenvalue weighted by atomic mass is 35.5. The lowest BCUT2D eigenvalue weighted by Gasteiger charge is -2.21. The zero-order chi connectivity index (χ0) is 16.9. The van der Waals surface area contributed by atoms with Crippen LogP contribution in [0.3, 0.4) is 0 Å². The molecule has 1 aliphatic heterocycles. The predicted octanol–water partition coefficient (Wildman–Crippen LogP) is 2.77. The molecule has 1 N–H and O–H groups in total. The smallest absolute Gasteiger partial charge is 0.240 e. The SMILES string of the molecule is O=C(CN1C(=O)CCOc2ccccc21)NCc1cccc(Cl)c1. The Hall–Kier alpha value is -2.53. The molecule has 2 aromatic rings. The molecule has 0 bridgehead atoms. The van der Waals surface area contributed by atoms with Crippen LogP contribution in [0.1, 0.15) is 12.0 Å². The van der Waals surface area contributed by atoms with Gasteiger partial charge in [-0.1, -0.05) is 35.9 Å². The summed E-state index contributed by atoms with van der Waals surface area (Å²) in [6.07, 6.45) is 0.246. The highest BCUT2D eigenvalue weighted by Gasteiger charge is 2.24. The average molecular weight is 345 g/mol. The highest BCUT2D eigenvalue weighted by molar-refractivity contribution is 6.30. The highest BCUT2D eigenvalue weighted by Crippen LogP contribution is 2.30. The second-order valence-electron chi connectivity index (χ2n) is 5.45. The van der Waals surface area contributed by atoms with Crippen LogP contribution in [0.4, 0.5) is 5.69 Å². The van der Waals surface area contributed by atoms with E-state index in [9.17, 15) is 9.59 Å². The Morgan fingerprint density at radius 2 is 2.04 bits per heavy atom. The van der Waals surface area contributed by atoms with Gasteiger partial charge in [-0.05, 0) is 29.8 Å². The number of anilines is 1. The van der Waals surface area contributed by atoms with Crippen molar-refractivity contribution in [3.05, 3.63) is 59.1 Å². The van der Waals surface area contributed by atoms with Gasteiger partial charge in [0.25, 0.3) is 0 Å². The van der Waals surface area contributed by atoms with Crippen molar-refractivity contribution in [1.82, 2.24) is 5.32 Å². The monoisotopic (exact) mass is 344 g/mol. The van der Waals surface area contributed by atoms with Gasteiger partial charge in [0.05, 0.1) is 18.7 Å². The normalized spacial score (nSPS) is 13.7. The molecule has 24 heavy (non-hydrogen) atoms. The van der Waals surface area contributed by atoms with E-state index in [-0.39, 0.29) is 24.8 Å². The van der Waals surface area contributed by atoms with E-state index in [0.717, 1.165) is 5.56 Å². The molecule has 0 fully saturated rings. The Balaban J connectivity index is 1.68. The minimum atomic E-state index is -0.236. The number of rotatable bonds is 4. The molecule has 0 spiro atoms. The standard InChI is InChI=1S/C18H17ClN2O3/c19-14-5-3-4-13(10-14)11-20-17(22)12-21-15-6-1-2-7-16(15)24-9-8-18(21)23/h1-7,10H,8-9,11-12H2,(H,20,22). The second-order valence-corrected chi connectivity index (χ2v) is 5.89. The molecule has 5 nitrogen and oxygen atoms in total. The van der Waals surface area contributed by atoms with Gasteiger partial charge in [0.2, 0.25) is 11.8 Å². The van der Waals surface area contributed by atoms with Crippen LogP contribution in [0.25, 0.3) is 0 Å². The molecular weight excluding hydrogens is 328 g/mol. The maximum atomic E-state index is 12.3. The molecule has 124 valence electrons. The molecular formula is C18H17ClN2O3. The van der Waals surface area contributed by atoms with Gasteiger partial charge in [0.1, 0.15) is 12.3 Å². The van der Waals surface area contributed by atoms with E-state index in [0.29, 0.717) is 29.6 Å². The van der Waals surface area contributed by atoms with Gasteiger partial charge in [-0.2, -0.15) is 0 Å². The van der Waals surface area contributed by atoms with Crippen molar-refractivity contribution in [3.63, 3.8) is 0 Å². The number of nitrogens with zero attached hydrogens (tertiary/aromatic N) is 1. The molecule has 3 rings (SSSR count). The van der Waals surface area contributed by atoms with Gasteiger partial charge in [-0.15, -0.1) is 0 Å². The molecule has 0 aromatic heterocycles. The van der Waals surface area contributed by atoms with Crippen LogP contribution in [0.5, 0.6) is 5.75 Å².